The van der Waals surface area contributed by atoms with E-state index in [1.54, 1.807) is 23.7 Å². The van der Waals surface area contributed by atoms with Crippen molar-refractivity contribution in [2.24, 2.45) is 0 Å². The quantitative estimate of drug-likeness (QED) is 0.258. The Morgan fingerprint density at radius 2 is 1.90 bits per heavy atom. The van der Waals surface area contributed by atoms with Crippen molar-refractivity contribution < 1.29 is 9.13 Å². The lowest BCUT2D eigenvalue weighted by Gasteiger charge is -2.11. The molecule has 6 rings (SSSR count). The fourth-order valence-electron chi connectivity index (χ4n) is 4.88. The van der Waals surface area contributed by atoms with Gasteiger partial charge in [0.05, 0.1) is 34.9 Å². The molecule has 0 saturated heterocycles. The van der Waals surface area contributed by atoms with E-state index in [0.717, 1.165) is 27.8 Å². The Morgan fingerprint density at radius 3 is 2.67 bits per heavy atom. The van der Waals surface area contributed by atoms with E-state index in [9.17, 15) is 4.39 Å². The van der Waals surface area contributed by atoms with Gasteiger partial charge >= 0.3 is 0 Å². The van der Waals surface area contributed by atoms with Gasteiger partial charge in [0, 0.05) is 16.0 Å². The van der Waals surface area contributed by atoms with E-state index in [4.69, 9.17) is 32.3 Å². The normalized spacial score (nSPS) is 12.3. The van der Waals surface area contributed by atoms with Crippen molar-refractivity contribution in [3.63, 3.8) is 0 Å². The first kappa shape index (κ1) is 24.8. The third kappa shape index (κ3) is 4.24. The maximum atomic E-state index is 14.8. The summed E-state index contributed by atoms with van der Waals surface area (Å²) < 4.78 is 23.8. The average molecular weight is 542 g/mol. The maximum absolute atomic E-state index is 14.8. The van der Waals surface area contributed by atoms with Crippen molar-refractivity contribution >= 4 is 39.4 Å². The number of rotatable bonds is 6. The molecule has 0 aliphatic rings. The molecule has 1 unspecified atom stereocenters. The summed E-state index contributed by atoms with van der Waals surface area (Å²) in [4.78, 5) is 8.69. The molecule has 6 aromatic rings. The standard InChI is InChI=1S/C29H25ClFN7O/c1-4-39-24-11-8-18(13-22(24)31)27-25-28(32)33-15-34-29(25)37(36-27)17(3)26-21-10-9-19(30)14-23(21)38(35-26)20-7-5-6-16(2)12-20/h5-15,17H,4H2,1-3H3,(H2,32,33,34). The van der Waals surface area contributed by atoms with Crippen LogP contribution in [0.1, 0.15) is 31.1 Å². The molecule has 3 aromatic carbocycles. The highest BCUT2D eigenvalue weighted by molar-refractivity contribution is 6.31. The number of aryl methyl sites for hydroxylation is 1. The van der Waals surface area contributed by atoms with Gasteiger partial charge in [-0.3, -0.25) is 0 Å². The molecule has 3 aromatic heterocycles. The number of aromatic nitrogens is 6. The number of nitrogens with zero attached hydrogens (tertiary/aromatic N) is 6. The van der Waals surface area contributed by atoms with E-state index in [-0.39, 0.29) is 17.6 Å². The summed E-state index contributed by atoms with van der Waals surface area (Å²) in [7, 11) is 0. The molecular formula is C29H25ClFN7O. The van der Waals surface area contributed by atoms with Crippen molar-refractivity contribution in [1.82, 2.24) is 29.5 Å². The Kier molecular flexibility index (Phi) is 6.15. The number of ether oxygens (including phenoxy) is 1. The Hall–Kier alpha value is -4.50. The van der Waals surface area contributed by atoms with E-state index in [1.807, 2.05) is 54.9 Å². The Balaban J connectivity index is 1.54. The van der Waals surface area contributed by atoms with Crippen LogP contribution in [0.25, 0.3) is 38.9 Å². The number of halogens is 2. The van der Waals surface area contributed by atoms with Gasteiger partial charge in [0.15, 0.2) is 17.2 Å². The lowest BCUT2D eigenvalue weighted by atomic mass is 10.1. The van der Waals surface area contributed by atoms with Gasteiger partial charge in [0.25, 0.3) is 0 Å². The van der Waals surface area contributed by atoms with Gasteiger partial charge < -0.3 is 10.5 Å². The zero-order chi connectivity index (χ0) is 27.3. The van der Waals surface area contributed by atoms with Crippen LogP contribution in [0, 0.1) is 12.7 Å². The smallest absolute Gasteiger partial charge is 0.165 e. The second-order valence-corrected chi connectivity index (χ2v) is 9.74. The van der Waals surface area contributed by atoms with Crippen LogP contribution in [0.15, 0.2) is 67.0 Å². The molecule has 0 saturated carbocycles. The Morgan fingerprint density at radius 1 is 1.05 bits per heavy atom. The number of fused-ring (bicyclic) bond motifs is 2. The monoisotopic (exact) mass is 541 g/mol. The number of anilines is 1. The number of nitrogen functional groups attached to an aromatic ring is 1. The van der Waals surface area contributed by atoms with Crippen molar-refractivity contribution in [2.75, 3.05) is 12.3 Å². The molecule has 0 amide bonds. The van der Waals surface area contributed by atoms with Gasteiger partial charge in [-0.15, -0.1) is 0 Å². The van der Waals surface area contributed by atoms with Crippen LogP contribution in [0.2, 0.25) is 5.02 Å². The zero-order valence-corrected chi connectivity index (χ0v) is 22.3. The summed E-state index contributed by atoms with van der Waals surface area (Å²) in [6, 6.07) is 18.2. The number of benzene rings is 3. The van der Waals surface area contributed by atoms with Gasteiger partial charge in [-0.2, -0.15) is 10.2 Å². The molecule has 0 fully saturated rings. The fraction of sp³-hybridized carbons (Fsp3) is 0.172. The van der Waals surface area contributed by atoms with Crippen molar-refractivity contribution in [2.45, 2.75) is 26.8 Å². The largest absolute Gasteiger partial charge is 0.491 e. The lowest BCUT2D eigenvalue weighted by molar-refractivity contribution is 0.321. The summed E-state index contributed by atoms with van der Waals surface area (Å²) >= 11 is 6.40. The molecule has 3 heterocycles. The first-order valence-corrected chi connectivity index (χ1v) is 12.9. The summed E-state index contributed by atoms with van der Waals surface area (Å²) in [6.07, 6.45) is 1.40. The topological polar surface area (TPSA) is 96.7 Å². The van der Waals surface area contributed by atoms with Crippen LogP contribution >= 0.6 is 11.6 Å². The summed E-state index contributed by atoms with van der Waals surface area (Å²) in [5.74, 6) is -0.0561. The minimum Gasteiger partial charge on any atom is -0.491 e. The predicted octanol–water partition coefficient (Wildman–Crippen LogP) is 6.52. The predicted molar refractivity (Wildman–Crippen MR) is 151 cm³/mol. The van der Waals surface area contributed by atoms with Crippen LogP contribution in [0.5, 0.6) is 5.75 Å². The Labute approximate surface area is 228 Å². The minimum absolute atomic E-state index is 0.175. The van der Waals surface area contributed by atoms with Crippen LogP contribution in [-0.2, 0) is 0 Å². The lowest BCUT2D eigenvalue weighted by Crippen LogP contribution is -2.11. The van der Waals surface area contributed by atoms with E-state index in [2.05, 4.69) is 16.0 Å². The minimum atomic E-state index is -0.486. The van der Waals surface area contributed by atoms with Gasteiger partial charge in [-0.05, 0) is 74.9 Å². The van der Waals surface area contributed by atoms with Gasteiger partial charge in [-0.25, -0.2) is 23.7 Å². The number of hydrogen-bond acceptors (Lipinski definition) is 6. The molecule has 1 atom stereocenters. The molecule has 0 bridgehead atoms. The molecule has 0 spiro atoms. The summed E-state index contributed by atoms with van der Waals surface area (Å²) in [5.41, 5.74) is 11.5. The Bertz CT molecular complexity index is 1860. The molecule has 0 aliphatic carbocycles. The maximum Gasteiger partial charge on any atom is 0.165 e. The van der Waals surface area contributed by atoms with E-state index in [0.29, 0.717) is 33.9 Å². The molecule has 2 N–H and O–H groups in total. The van der Waals surface area contributed by atoms with E-state index in [1.165, 1.54) is 12.4 Å². The highest BCUT2D eigenvalue weighted by Gasteiger charge is 2.25. The second kappa shape index (κ2) is 9.67. The van der Waals surface area contributed by atoms with Crippen LogP contribution in [-0.4, -0.2) is 36.1 Å². The van der Waals surface area contributed by atoms with E-state index >= 15 is 0 Å². The second-order valence-electron chi connectivity index (χ2n) is 9.30. The average Bonchev–Trinajstić information content (AvgIpc) is 3.49. The third-order valence-electron chi connectivity index (χ3n) is 6.70. The molecule has 39 heavy (non-hydrogen) atoms. The summed E-state index contributed by atoms with van der Waals surface area (Å²) in [5, 5.41) is 12.0. The molecular weight excluding hydrogens is 517 g/mol. The van der Waals surface area contributed by atoms with Crippen LogP contribution in [0.3, 0.4) is 0 Å². The molecule has 8 nitrogen and oxygen atoms in total. The van der Waals surface area contributed by atoms with E-state index < -0.39 is 5.82 Å². The molecule has 0 radical (unpaired) electrons. The van der Waals surface area contributed by atoms with Crippen LogP contribution < -0.4 is 10.5 Å². The van der Waals surface area contributed by atoms with Crippen molar-refractivity contribution in [1.29, 1.82) is 0 Å². The third-order valence-corrected chi connectivity index (χ3v) is 6.94. The number of hydrogen-bond donors (Lipinski definition) is 1. The van der Waals surface area contributed by atoms with Crippen LogP contribution in [0.4, 0.5) is 10.2 Å². The van der Waals surface area contributed by atoms with Gasteiger partial charge in [0.1, 0.15) is 17.8 Å². The molecule has 0 aliphatic heterocycles. The number of nitrogens with two attached hydrogens (primary N) is 1. The summed E-state index contributed by atoms with van der Waals surface area (Å²) in [6.45, 7) is 6.20. The first-order valence-electron chi connectivity index (χ1n) is 12.5. The SMILES string of the molecule is CCOc1ccc(-c2nn(C(C)c3nn(-c4cccc(C)c4)c4cc(Cl)ccc34)c3ncnc(N)c23)cc1F. The fourth-order valence-corrected chi connectivity index (χ4v) is 5.05. The molecule has 10 heteroatoms. The molecule has 196 valence electrons. The van der Waals surface area contributed by atoms with Crippen molar-refractivity contribution in [3.8, 4) is 22.7 Å². The highest BCUT2D eigenvalue weighted by atomic mass is 35.5. The first-order chi connectivity index (χ1) is 18.9. The zero-order valence-electron chi connectivity index (χ0n) is 21.6. The van der Waals surface area contributed by atoms with Gasteiger partial charge in [-0.1, -0.05) is 23.7 Å². The van der Waals surface area contributed by atoms with Crippen molar-refractivity contribution in [3.05, 3.63) is 89.1 Å². The van der Waals surface area contributed by atoms with Gasteiger partial charge in [0.2, 0.25) is 0 Å². The highest BCUT2D eigenvalue weighted by Crippen LogP contribution is 2.36.